The summed E-state index contributed by atoms with van der Waals surface area (Å²) in [6.07, 6.45) is 1.57. The Kier molecular flexibility index (Phi) is 6.76. The zero-order valence-electron chi connectivity index (χ0n) is 18.7. The number of rotatable bonds is 7. The Balaban J connectivity index is 1.70. The maximum Gasteiger partial charge on any atom is 0.342 e. The lowest BCUT2D eigenvalue weighted by molar-refractivity contribution is 0.0380. The van der Waals surface area contributed by atoms with Crippen LogP contribution in [-0.2, 0) is 11.2 Å². The molecule has 8 heteroatoms. The van der Waals surface area contributed by atoms with E-state index in [2.05, 4.69) is 17.2 Å². The molecule has 3 heterocycles. The molecule has 33 heavy (non-hydrogen) atoms. The van der Waals surface area contributed by atoms with Gasteiger partial charge in [-0.3, -0.25) is 4.79 Å². The van der Waals surface area contributed by atoms with Crippen molar-refractivity contribution in [3.63, 3.8) is 0 Å². The number of nitrogens with zero attached hydrogens (tertiary/aromatic N) is 1. The van der Waals surface area contributed by atoms with Crippen molar-refractivity contribution in [3.8, 4) is 11.1 Å². The smallest absolute Gasteiger partial charge is 0.342 e. The van der Waals surface area contributed by atoms with Crippen LogP contribution in [0.5, 0.6) is 0 Å². The van der Waals surface area contributed by atoms with E-state index in [1.165, 1.54) is 22.7 Å². The molecule has 0 bridgehead atoms. The number of benzene rings is 1. The fraction of sp³-hybridized carbons (Fsp3) is 0.240. The van der Waals surface area contributed by atoms with Crippen molar-refractivity contribution in [1.82, 2.24) is 4.98 Å². The molecule has 170 valence electrons. The summed E-state index contributed by atoms with van der Waals surface area (Å²) in [6.45, 7) is 5.69. The second kappa shape index (κ2) is 9.72. The monoisotopic (exact) mass is 479 g/mol. The molecule has 0 atom stereocenters. The quantitative estimate of drug-likeness (QED) is 0.300. The molecule has 0 spiro atoms. The summed E-state index contributed by atoms with van der Waals surface area (Å²) in [5, 5.41) is 5.95. The van der Waals surface area contributed by atoms with Crippen LogP contribution in [0.2, 0.25) is 0 Å². The number of hydrogen-bond acceptors (Lipinski definition) is 7. The summed E-state index contributed by atoms with van der Waals surface area (Å²) in [5.74, 6) is -0.844. The van der Waals surface area contributed by atoms with E-state index in [1.54, 1.807) is 13.8 Å². The number of carbonyl (C=O) groups is 2. The summed E-state index contributed by atoms with van der Waals surface area (Å²) >= 11 is 2.55. The van der Waals surface area contributed by atoms with Crippen LogP contribution in [0.15, 0.2) is 47.8 Å². The van der Waals surface area contributed by atoms with Crippen molar-refractivity contribution in [2.45, 2.75) is 39.7 Å². The van der Waals surface area contributed by atoms with Crippen molar-refractivity contribution in [2.75, 3.05) is 11.1 Å². The van der Waals surface area contributed by atoms with Crippen LogP contribution in [0.3, 0.4) is 0 Å². The number of nitrogen functional groups attached to an aromatic ring is 1. The summed E-state index contributed by atoms with van der Waals surface area (Å²) in [6, 6.07) is 13.4. The van der Waals surface area contributed by atoms with Gasteiger partial charge >= 0.3 is 5.97 Å². The van der Waals surface area contributed by atoms with E-state index in [1.807, 2.05) is 47.8 Å². The molecule has 4 rings (SSSR count). The van der Waals surface area contributed by atoms with Gasteiger partial charge in [0.1, 0.15) is 20.3 Å². The Morgan fingerprint density at radius 3 is 2.61 bits per heavy atom. The number of ether oxygens (including phenoxy) is 1. The lowest BCUT2D eigenvalue weighted by Gasteiger charge is -2.11. The molecule has 0 aliphatic carbocycles. The van der Waals surface area contributed by atoms with E-state index in [-0.39, 0.29) is 12.0 Å². The third kappa shape index (κ3) is 4.77. The predicted octanol–water partition coefficient (Wildman–Crippen LogP) is 6.38. The van der Waals surface area contributed by atoms with Gasteiger partial charge in [-0.1, -0.05) is 43.7 Å². The predicted molar refractivity (Wildman–Crippen MR) is 136 cm³/mol. The molecule has 1 amide bonds. The fourth-order valence-corrected chi connectivity index (χ4v) is 5.48. The average molecular weight is 480 g/mol. The first kappa shape index (κ1) is 22.9. The van der Waals surface area contributed by atoms with E-state index in [4.69, 9.17) is 10.5 Å². The maximum absolute atomic E-state index is 13.2. The second-order valence-electron chi connectivity index (χ2n) is 7.88. The third-order valence-corrected chi connectivity index (χ3v) is 7.02. The van der Waals surface area contributed by atoms with E-state index < -0.39 is 5.97 Å². The molecule has 0 radical (unpaired) electrons. The van der Waals surface area contributed by atoms with Gasteiger partial charge in [0, 0.05) is 22.0 Å². The van der Waals surface area contributed by atoms with Gasteiger partial charge in [-0.15, -0.1) is 22.7 Å². The molecule has 0 saturated heterocycles. The van der Waals surface area contributed by atoms with E-state index in [0.717, 1.165) is 39.9 Å². The van der Waals surface area contributed by atoms with Crippen molar-refractivity contribution in [2.24, 2.45) is 0 Å². The van der Waals surface area contributed by atoms with Crippen LogP contribution in [0.4, 0.5) is 10.7 Å². The van der Waals surface area contributed by atoms with E-state index in [9.17, 15) is 9.59 Å². The number of anilines is 2. The fourth-order valence-electron chi connectivity index (χ4n) is 3.52. The van der Waals surface area contributed by atoms with E-state index in [0.29, 0.717) is 21.1 Å². The molecule has 3 N–H and O–H groups in total. The molecule has 0 fully saturated rings. The van der Waals surface area contributed by atoms with Gasteiger partial charge in [-0.2, -0.15) is 0 Å². The van der Waals surface area contributed by atoms with Crippen molar-refractivity contribution in [1.29, 1.82) is 0 Å². The minimum atomic E-state index is -0.476. The number of fused-ring (bicyclic) bond motifs is 1. The lowest BCUT2D eigenvalue weighted by Crippen LogP contribution is -2.16. The molecular formula is C25H25N3O3S2. The Bertz CT molecular complexity index is 1310. The minimum Gasteiger partial charge on any atom is -0.459 e. The van der Waals surface area contributed by atoms with Crippen LogP contribution in [-0.4, -0.2) is 23.0 Å². The third-order valence-electron chi connectivity index (χ3n) is 5.01. The lowest BCUT2D eigenvalue weighted by atomic mass is 10.0. The number of nitrogens with two attached hydrogens (primary N) is 1. The summed E-state index contributed by atoms with van der Waals surface area (Å²) in [5.41, 5.74) is 9.61. The van der Waals surface area contributed by atoms with Gasteiger partial charge in [0.2, 0.25) is 0 Å². The first-order valence-electron chi connectivity index (χ1n) is 10.8. The number of hydrogen-bond donors (Lipinski definition) is 2. The number of thiophene rings is 2. The molecule has 3 aromatic heterocycles. The van der Waals surface area contributed by atoms with Crippen LogP contribution < -0.4 is 11.1 Å². The summed E-state index contributed by atoms with van der Waals surface area (Å²) < 4.78 is 5.48. The number of aromatic nitrogens is 1. The molecule has 0 unspecified atom stereocenters. The highest BCUT2D eigenvalue weighted by Crippen LogP contribution is 2.38. The highest BCUT2D eigenvalue weighted by atomic mass is 32.1. The summed E-state index contributed by atoms with van der Waals surface area (Å²) in [4.78, 5) is 31.9. The number of carbonyl (C=O) groups excluding carboxylic acids is 2. The van der Waals surface area contributed by atoms with Crippen LogP contribution in [0.25, 0.3) is 21.3 Å². The Morgan fingerprint density at radius 1 is 1.15 bits per heavy atom. The van der Waals surface area contributed by atoms with Crippen molar-refractivity contribution < 1.29 is 14.3 Å². The standard InChI is InChI=1S/C25H25N3O3S2/c1-4-8-16-11-12-17-20(26)21(33-23(17)27-16)22(29)28-24-19(25(30)31-14(2)3)18(13-32-24)15-9-6-5-7-10-15/h5-7,9-14H,4,8,26H2,1-3H3,(H,28,29). The Labute approximate surface area is 200 Å². The molecule has 6 nitrogen and oxygen atoms in total. The molecule has 0 aliphatic rings. The number of nitrogens with one attached hydrogen (secondary N) is 1. The topological polar surface area (TPSA) is 94.3 Å². The molecule has 0 saturated carbocycles. The SMILES string of the molecule is CCCc1ccc2c(N)c(C(=O)Nc3scc(-c4ccccc4)c3C(=O)OC(C)C)sc2n1. The Morgan fingerprint density at radius 2 is 1.91 bits per heavy atom. The number of esters is 1. The van der Waals surface area contributed by atoms with Gasteiger partial charge in [0.25, 0.3) is 5.91 Å². The zero-order chi connectivity index (χ0) is 23.5. The first-order chi connectivity index (χ1) is 15.9. The van der Waals surface area contributed by atoms with Crippen LogP contribution >= 0.6 is 22.7 Å². The van der Waals surface area contributed by atoms with Gasteiger partial charge < -0.3 is 15.8 Å². The highest BCUT2D eigenvalue weighted by Gasteiger charge is 2.25. The molecule has 1 aromatic carbocycles. The number of pyridine rings is 1. The maximum atomic E-state index is 13.2. The molecule has 0 aliphatic heterocycles. The zero-order valence-corrected chi connectivity index (χ0v) is 20.3. The van der Waals surface area contributed by atoms with Crippen LogP contribution in [0, 0.1) is 0 Å². The highest BCUT2D eigenvalue weighted by molar-refractivity contribution is 7.21. The number of aryl methyl sites for hydroxylation is 1. The molecular weight excluding hydrogens is 454 g/mol. The van der Waals surface area contributed by atoms with E-state index >= 15 is 0 Å². The first-order valence-corrected chi connectivity index (χ1v) is 12.5. The normalized spacial score (nSPS) is 11.2. The van der Waals surface area contributed by atoms with Gasteiger partial charge in [-0.05, 0) is 38.0 Å². The average Bonchev–Trinajstić information content (AvgIpc) is 3.35. The largest absolute Gasteiger partial charge is 0.459 e. The number of amides is 1. The molecule has 4 aromatic rings. The Hall–Kier alpha value is -3.23. The van der Waals surface area contributed by atoms with Gasteiger partial charge in [0.15, 0.2) is 0 Å². The van der Waals surface area contributed by atoms with Crippen molar-refractivity contribution in [3.05, 3.63) is 64.0 Å². The van der Waals surface area contributed by atoms with Gasteiger partial charge in [0.05, 0.1) is 11.8 Å². The summed E-state index contributed by atoms with van der Waals surface area (Å²) in [7, 11) is 0. The second-order valence-corrected chi connectivity index (χ2v) is 9.76. The van der Waals surface area contributed by atoms with Crippen molar-refractivity contribution >= 4 is 55.5 Å². The minimum absolute atomic E-state index is 0.286. The van der Waals surface area contributed by atoms with Gasteiger partial charge in [-0.25, -0.2) is 9.78 Å². The van der Waals surface area contributed by atoms with Crippen LogP contribution in [0.1, 0.15) is 52.9 Å².